The van der Waals surface area contributed by atoms with E-state index in [1.54, 1.807) is 11.3 Å². The second kappa shape index (κ2) is 8.44. The summed E-state index contributed by atoms with van der Waals surface area (Å²) < 4.78 is 14.2. The number of aryl methyl sites for hydroxylation is 1. The Morgan fingerprint density at radius 2 is 2.05 bits per heavy atom. The van der Waals surface area contributed by atoms with Gasteiger partial charge in [-0.15, -0.1) is 11.3 Å². The van der Waals surface area contributed by atoms with Gasteiger partial charge in [-0.05, 0) is 30.5 Å². The maximum absolute atomic E-state index is 9.46. The van der Waals surface area contributed by atoms with E-state index in [2.05, 4.69) is 44.2 Å². The predicted octanol–water partition coefficient (Wildman–Crippen LogP) is 4.74. The highest BCUT2D eigenvalue weighted by Gasteiger charge is 2.51. The minimum Gasteiger partial charge on any atom is -0.377 e. The van der Waals surface area contributed by atoms with Crippen LogP contribution in [0.15, 0.2) is 42.3 Å². The normalized spacial score (nSPS) is 19.9. The summed E-state index contributed by atoms with van der Waals surface area (Å²) in [7, 11) is 1.97. The lowest BCUT2D eigenvalue weighted by Gasteiger charge is -2.52. The van der Waals surface area contributed by atoms with Gasteiger partial charge in [-0.3, -0.25) is 14.6 Å². The van der Waals surface area contributed by atoms with Crippen molar-refractivity contribution in [1.29, 1.82) is 5.26 Å². The van der Waals surface area contributed by atoms with Crippen molar-refractivity contribution in [2.45, 2.75) is 37.0 Å². The Labute approximate surface area is 229 Å². The number of rotatable bonds is 4. The largest absolute Gasteiger partial charge is 0.377 e. The lowest BCUT2D eigenvalue weighted by molar-refractivity contribution is -0.166. The molecule has 7 heterocycles. The van der Waals surface area contributed by atoms with Gasteiger partial charge in [0.25, 0.3) is 0 Å². The summed E-state index contributed by atoms with van der Waals surface area (Å²) in [5.74, 6) is 0. The molecule has 1 N–H and O–H groups in total. The third kappa shape index (κ3) is 3.31. The van der Waals surface area contributed by atoms with Crippen LogP contribution in [0.2, 0.25) is 0 Å². The Hall–Kier alpha value is -3.62. The molecule has 10 heteroatoms. The second-order valence-electron chi connectivity index (χ2n) is 11.0. The number of hydrogen-bond donors (Lipinski definition) is 1. The van der Waals surface area contributed by atoms with E-state index in [1.807, 2.05) is 35.8 Å². The van der Waals surface area contributed by atoms with Crippen LogP contribution >= 0.6 is 11.3 Å². The maximum atomic E-state index is 9.46. The number of thiazole rings is 1. The fourth-order valence-corrected chi connectivity index (χ4v) is 7.49. The maximum Gasteiger partial charge on any atom is 0.138 e. The second-order valence-corrected chi connectivity index (χ2v) is 11.9. The Bertz CT molecular complexity index is 1770. The summed E-state index contributed by atoms with van der Waals surface area (Å²) in [5.41, 5.74) is 9.04. The molecule has 0 bridgehead atoms. The van der Waals surface area contributed by atoms with Crippen LogP contribution in [0.3, 0.4) is 0 Å². The Kier molecular flexibility index (Phi) is 5.04. The molecule has 1 aromatic carbocycles. The molecule has 4 aromatic heterocycles. The van der Waals surface area contributed by atoms with Gasteiger partial charge >= 0.3 is 0 Å². The van der Waals surface area contributed by atoms with Gasteiger partial charge in [-0.1, -0.05) is 6.07 Å². The number of nitrogens with zero attached hydrogens (tertiary/aromatic N) is 6. The highest BCUT2D eigenvalue weighted by molar-refractivity contribution is 7.13. The number of hydrogen-bond acceptors (Lipinski definition) is 8. The van der Waals surface area contributed by atoms with Crippen LogP contribution in [0.25, 0.3) is 43.6 Å². The molecular weight excluding hydrogens is 510 g/mol. The summed E-state index contributed by atoms with van der Waals surface area (Å²) in [6, 6.07) is 8.94. The molecule has 5 aromatic rings. The number of benzene rings is 1. The lowest BCUT2D eigenvalue weighted by atomic mass is 9.79. The zero-order valence-electron chi connectivity index (χ0n) is 21.6. The van der Waals surface area contributed by atoms with Crippen LogP contribution in [-0.4, -0.2) is 61.5 Å². The molecule has 39 heavy (non-hydrogen) atoms. The van der Waals surface area contributed by atoms with E-state index in [1.165, 1.54) is 5.56 Å². The topological polar surface area (TPSA) is 105 Å². The number of aromatic amines is 1. The number of pyridine rings is 1. The van der Waals surface area contributed by atoms with Crippen molar-refractivity contribution < 1.29 is 9.47 Å². The zero-order valence-corrected chi connectivity index (χ0v) is 22.4. The van der Waals surface area contributed by atoms with Crippen molar-refractivity contribution in [3.8, 4) is 27.8 Å². The Morgan fingerprint density at radius 1 is 1.18 bits per heavy atom. The molecule has 0 atom stereocenters. The van der Waals surface area contributed by atoms with E-state index in [0.717, 1.165) is 75.1 Å². The number of fused-ring (bicyclic) bond motifs is 5. The van der Waals surface area contributed by atoms with Crippen LogP contribution in [-0.2, 0) is 28.7 Å². The molecule has 2 saturated heterocycles. The van der Waals surface area contributed by atoms with Gasteiger partial charge in [0.1, 0.15) is 5.65 Å². The molecule has 0 saturated carbocycles. The van der Waals surface area contributed by atoms with E-state index in [4.69, 9.17) is 14.5 Å². The van der Waals surface area contributed by atoms with Crippen LogP contribution in [0, 0.1) is 11.3 Å². The number of piperidine rings is 1. The highest BCUT2D eigenvalue weighted by Crippen LogP contribution is 2.52. The quantitative estimate of drug-likeness (QED) is 0.353. The molecule has 9 nitrogen and oxygen atoms in total. The predicted molar refractivity (Wildman–Crippen MR) is 148 cm³/mol. The smallest absolute Gasteiger partial charge is 0.138 e. The third-order valence-corrected chi connectivity index (χ3v) is 9.76. The fourth-order valence-electron chi connectivity index (χ4n) is 6.86. The Morgan fingerprint density at radius 3 is 2.79 bits per heavy atom. The standard InChI is InChI=1S/C29H27N7O2S/c1-35-21-3-2-18(10-19(21)12-33-35)23-24-25-20(11-32-27(24)34-26(23)22-13-31-17-39-22)14-38-29(25)5-8-36(9-6-29)28(4-7-30)15-37-16-28/h2-3,10-13,17H,4-6,8-9,14-16H2,1H3,(H,32,34). The summed E-state index contributed by atoms with van der Waals surface area (Å²) in [4.78, 5) is 16.5. The van der Waals surface area contributed by atoms with Crippen molar-refractivity contribution in [2.75, 3.05) is 26.3 Å². The zero-order chi connectivity index (χ0) is 26.2. The summed E-state index contributed by atoms with van der Waals surface area (Å²) in [6.07, 6.45) is 8.06. The molecule has 196 valence electrons. The molecule has 0 unspecified atom stereocenters. The number of H-pyrrole nitrogens is 1. The van der Waals surface area contributed by atoms with Gasteiger partial charge in [0.2, 0.25) is 0 Å². The number of aromatic nitrogens is 5. The van der Waals surface area contributed by atoms with E-state index >= 15 is 0 Å². The van der Waals surface area contributed by atoms with Gasteiger partial charge in [-0.25, -0.2) is 4.98 Å². The summed E-state index contributed by atoms with van der Waals surface area (Å²) in [6.45, 7) is 3.58. The molecule has 2 fully saturated rings. The van der Waals surface area contributed by atoms with Gasteiger partial charge < -0.3 is 14.5 Å². The number of nitrogens with one attached hydrogen (secondary N) is 1. The van der Waals surface area contributed by atoms with E-state index in [-0.39, 0.29) is 11.1 Å². The van der Waals surface area contributed by atoms with Crippen molar-refractivity contribution in [3.05, 3.63) is 53.4 Å². The summed E-state index contributed by atoms with van der Waals surface area (Å²) in [5, 5.41) is 16.2. The summed E-state index contributed by atoms with van der Waals surface area (Å²) >= 11 is 1.62. The Balaban J connectivity index is 1.29. The molecule has 8 rings (SSSR count). The highest BCUT2D eigenvalue weighted by atomic mass is 32.1. The van der Waals surface area contributed by atoms with Crippen molar-refractivity contribution in [3.63, 3.8) is 0 Å². The van der Waals surface area contributed by atoms with Gasteiger partial charge in [0.05, 0.1) is 71.2 Å². The average molecular weight is 538 g/mol. The van der Waals surface area contributed by atoms with Gasteiger partial charge in [-0.2, -0.15) is 10.4 Å². The molecular formula is C29H27N7O2S. The van der Waals surface area contributed by atoms with Crippen LogP contribution in [0.4, 0.5) is 0 Å². The van der Waals surface area contributed by atoms with Crippen LogP contribution < -0.4 is 0 Å². The fraction of sp³-hybridized carbons (Fsp3) is 0.379. The van der Waals surface area contributed by atoms with Crippen molar-refractivity contribution >= 4 is 33.3 Å². The first-order valence-electron chi connectivity index (χ1n) is 13.3. The molecule has 1 spiro atoms. The first-order valence-corrected chi connectivity index (χ1v) is 14.2. The molecule has 3 aliphatic rings. The SMILES string of the molecule is Cn1ncc2cc(-c3c(-c4cncs4)[nH]c4ncc5c(c34)C3(CCN(C4(CC#N)COC4)CC3)OC5)ccc21. The molecule has 0 radical (unpaired) electrons. The van der Waals surface area contributed by atoms with Crippen molar-refractivity contribution in [1.82, 2.24) is 29.6 Å². The molecule has 3 aliphatic heterocycles. The van der Waals surface area contributed by atoms with Gasteiger partial charge in [0, 0.05) is 60.0 Å². The first kappa shape index (κ1) is 23.3. The van der Waals surface area contributed by atoms with Crippen LogP contribution in [0.5, 0.6) is 0 Å². The third-order valence-electron chi connectivity index (χ3n) is 8.97. The molecule has 0 aliphatic carbocycles. The number of ether oxygens (including phenoxy) is 2. The molecule has 0 amide bonds. The van der Waals surface area contributed by atoms with E-state index in [0.29, 0.717) is 26.2 Å². The monoisotopic (exact) mass is 537 g/mol. The number of likely N-dealkylation sites (tertiary alicyclic amines) is 1. The minimum absolute atomic E-state index is 0.150. The number of nitriles is 1. The van der Waals surface area contributed by atoms with E-state index in [9.17, 15) is 5.26 Å². The van der Waals surface area contributed by atoms with Gasteiger partial charge in [0.15, 0.2) is 0 Å². The average Bonchev–Trinajstić information content (AvgIpc) is 3.72. The van der Waals surface area contributed by atoms with Crippen molar-refractivity contribution in [2.24, 2.45) is 7.05 Å². The van der Waals surface area contributed by atoms with Crippen LogP contribution in [0.1, 0.15) is 30.4 Å². The van der Waals surface area contributed by atoms with E-state index < -0.39 is 0 Å². The lowest BCUT2D eigenvalue weighted by Crippen LogP contribution is -2.64. The first-order chi connectivity index (χ1) is 19.1. The minimum atomic E-state index is -0.383.